The summed E-state index contributed by atoms with van der Waals surface area (Å²) < 4.78 is 16.5. The Kier molecular flexibility index (Phi) is 12.0. The van der Waals surface area contributed by atoms with Gasteiger partial charge in [0.05, 0.1) is 13.2 Å². The van der Waals surface area contributed by atoms with Crippen LogP contribution in [0.2, 0.25) is 0 Å². The fraction of sp³-hybridized carbons (Fsp3) is 0.440. The normalized spacial score (nSPS) is 20.9. The minimum absolute atomic E-state index is 0.0352. The van der Waals surface area contributed by atoms with E-state index < -0.39 is 0 Å². The molecule has 0 spiro atoms. The molecule has 0 aliphatic carbocycles. The van der Waals surface area contributed by atoms with Crippen LogP contribution < -0.4 is 0 Å². The number of hydrogen-bond donors (Lipinski definition) is 0. The first-order valence-electron chi connectivity index (χ1n) is 10.4. The van der Waals surface area contributed by atoms with Crippen LogP contribution in [0.5, 0.6) is 0 Å². The number of allylic oxidation sites excluding steroid dienone is 7. The Balaban J connectivity index is 1.42. The largest absolute Gasteiger partial charge is 0.377 e. The third-order valence-corrected chi connectivity index (χ3v) is 4.61. The summed E-state index contributed by atoms with van der Waals surface area (Å²) in [6.07, 6.45) is 23.8. The molecule has 0 saturated carbocycles. The molecule has 2 rings (SSSR count). The molecule has 0 bridgehead atoms. The summed E-state index contributed by atoms with van der Waals surface area (Å²) >= 11 is 0. The number of unbranched alkanes of at least 4 members (excludes halogenated alkanes) is 4. The second-order valence-corrected chi connectivity index (χ2v) is 6.91. The van der Waals surface area contributed by atoms with Crippen molar-refractivity contribution in [3.05, 3.63) is 78.4 Å². The first-order chi connectivity index (χ1) is 13.9. The van der Waals surface area contributed by atoms with Gasteiger partial charge in [-0.25, -0.2) is 0 Å². The van der Waals surface area contributed by atoms with E-state index in [0.29, 0.717) is 13.2 Å². The zero-order valence-corrected chi connectivity index (χ0v) is 17.0. The molecule has 1 fully saturated rings. The molecular formula is C25H34O3. The van der Waals surface area contributed by atoms with Gasteiger partial charge in [0.1, 0.15) is 6.10 Å². The molecule has 1 heterocycles. The Morgan fingerprint density at radius 2 is 1.54 bits per heavy atom. The molecule has 3 nitrogen and oxygen atoms in total. The first-order valence-corrected chi connectivity index (χ1v) is 10.4. The van der Waals surface area contributed by atoms with Crippen molar-refractivity contribution in [2.24, 2.45) is 0 Å². The van der Waals surface area contributed by atoms with E-state index >= 15 is 0 Å². The lowest BCUT2D eigenvalue weighted by Gasteiger charge is -2.28. The van der Waals surface area contributed by atoms with Crippen LogP contribution in [-0.4, -0.2) is 32.7 Å². The SMILES string of the molecule is COC1COC(CCCCCC/C=C/C=C/C=C/C=C/c2ccccc2)OC1. The highest BCUT2D eigenvalue weighted by Gasteiger charge is 2.21. The summed E-state index contributed by atoms with van der Waals surface area (Å²) in [4.78, 5) is 0. The van der Waals surface area contributed by atoms with Crippen molar-refractivity contribution >= 4 is 6.08 Å². The highest BCUT2D eigenvalue weighted by molar-refractivity contribution is 5.50. The number of benzene rings is 1. The summed E-state index contributed by atoms with van der Waals surface area (Å²) in [7, 11) is 1.70. The van der Waals surface area contributed by atoms with E-state index in [0.717, 1.165) is 19.3 Å². The number of methoxy groups -OCH3 is 1. The van der Waals surface area contributed by atoms with E-state index in [-0.39, 0.29) is 12.4 Å². The topological polar surface area (TPSA) is 27.7 Å². The summed E-state index contributed by atoms with van der Waals surface area (Å²) in [5, 5.41) is 0. The Morgan fingerprint density at radius 3 is 2.29 bits per heavy atom. The van der Waals surface area contributed by atoms with Crippen LogP contribution in [0.25, 0.3) is 6.08 Å². The van der Waals surface area contributed by atoms with Gasteiger partial charge in [-0.3, -0.25) is 0 Å². The summed E-state index contributed by atoms with van der Waals surface area (Å²) in [6.45, 7) is 1.30. The average molecular weight is 383 g/mol. The van der Waals surface area contributed by atoms with Crippen LogP contribution in [-0.2, 0) is 14.2 Å². The van der Waals surface area contributed by atoms with Gasteiger partial charge in [-0.1, -0.05) is 91.8 Å². The molecular weight excluding hydrogens is 348 g/mol. The molecule has 0 radical (unpaired) electrons. The van der Waals surface area contributed by atoms with Gasteiger partial charge in [0.25, 0.3) is 0 Å². The molecule has 0 unspecified atom stereocenters. The number of ether oxygens (including phenoxy) is 3. The van der Waals surface area contributed by atoms with Crippen LogP contribution in [0.1, 0.15) is 44.1 Å². The maximum absolute atomic E-state index is 5.64. The van der Waals surface area contributed by atoms with Gasteiger partial charge in [-0.05, 0) is 31.2 Å². The number of rotatable bonds is 12. The van der Waals surface area contributed by atoms with Gasteiger partial charge < -0.3 is 14.2 Å². The first kappa shape index (κ1) is 22.4. The van der Waals surface area contributed by atoms with Crippen LogP contribution in [0.4, 0.5) is 0 Å². The molecule has 152 valence electrons. The fourth-order valence-electron chi connectivity index (χ4n) is 2.92. The van der Waals surface area contributed by atoms with Gasteiger partial charge in [-0.2, -0.15) is 0 Å². The summed E-state index contributed by atoms with van der Waals surface area (Å²) in [5.41, 5.74) is 1.22. The van der Waals surface area contributed by atoms with Gasteiger partial charge >= 0.3 is 0 Å². The molecule has 1 aromatic carbocycles. The molecule has 1 saturated heterocycles. The lowest BCUT2D eigenvalue weighted by molar-refractivity contribution is -0.223. The molecule has 0 aromatic heterocycles. The highest BCUT2D eigenvalue weighted by atomic mass is 16.7. The van der Waals surface area contributed by atoms with Gasteiger partial charge in [-0.15, -0.1) is 0 Å². The van der Waals surface area contributed by atoms with E-state index in [2.05, 4.69) is 48.6 Å². The minimum Gasteiger partial charge on any atom is -0.377 e. The Hall–Kier alpha value is -1.94. The van der Waals surface area contributed by atoms with E-state index in [9.17, 15) is 0 Å². The molecule has 28 heavy (non-hydrogen) atoms. The van der Waals surface area contributed by atoms with Crippen molar-refractivity contribution in [2.45, 2.75) is 50.9 Å². The molecule has 0 atom stereocenters. The van der Waals surface area contributed by atoms with Crippen LogP contribution in [0.3, 0.4) is 0 Å². The third-order valence-electron chi connectivity index (χ3n) is 4.61. The molecule has 1 aromatic rings. The minimum atomic E-state index is -0.0352. The lowest BCUT2D eigenvalue weighted by Crippen LogP contribution is -2.36. The Bertz CT molecular complexity index is 608. The monoisotopic (exact) mass is 382 g/mol. The van der Waals surface area contributed by atoms with Crippen molar-refractivity contribution in [3.8, 4) is 0 Å². The van der Waals surface area contributed by atoms with Crippen molar-refractivity contribution in [1.82, 2.24) is 0 Å². The van der Waals surface area contributed by atoms with E-state index in [4.69, 9.17) is 14.2 Å². The van der Waals surface area contributed by atoms with Crippen LogP contribution in [0.15, 0.2) is 72.9 Å². The zero-order valence-electron chi connectivity index (χ0n) is 17.0. The van der Waals surface area contributed by atoms with Crippen molar-refractivity contribution < 1.29 is 14.2 Å². The fourth-order valence-corrected chi connectivity index (χ4v) is 2.92. The quantitative estimate of drug-likeness (QED) is 0.323. The molecule has 3 heteroatoms. The lowest BCUT2D eigenvalue weighted by atomic mass is 10.1. The molecule has 0 amide bonds. The predicted molar refractivity (Wildman–Crippen MR) is 117 cm³/mol. The van der Waals surface area contributed by atoms with E-state index in [1.807, 2.05) is 30.4 Å². The summed E-state index contributed by atoms with van der Waals surface area (Å²) in [6, 6.07) is 10.3. The number of hydrogen-bond acceptors (Lipinski definition) is 3. The van der Waals surface area contributed by atoms with Crippen LogP contribution >= 0.6 is 0 Å². The highest BCUT2D eigenvalue weighted by Crippen LogP contribution is 2.15. The molecule has 1 aliphatic heterocycles. The standard InChI is InChI=1S/C25H34O3/c1-26-24-21-27-25(28-22-24)20-16-11-9-7-5-3-2-4-6-8-10-13-17-23-18-14-12-15-19-23/h2-4,6,8,10,12-15,17-19,24-25H,5,7,9,11,16,20-22H2,1H3/b3-2+,6-4+,10-8+,17-13+. The smallest absolute Gasteiger partial charge is 0.157 e. The van der Waals surface area contributed by atoms with E-state index in [1.165, 1.54) is 24.8 Å². The van der Waals surface area contributed by atoms with E-state index in [1.54, 1.807) is 7.11 Å². The second kappa shape index (κ2) is 15.0. The maximum Gasteiger partial charge on any atom is 0.157 e. The van der Waals surface area contributed by atoms with Gasteiger partial charge in [0.2, 0.25) is 0 Å². The second-order valence-electron chi connectivity index (χ2n) is 6.91. The Labute approximate surface area is 170 Å². The van der Waals surface area contributed by atoms with Gasteiger partial charge in [0, 0.05) is 7.11 Å². The Morgan fingerprint density at radius 1 is 0.857 bits per heavy atom. The zero-order chi connectivity index (χ0) is 19.7. The van der Waals surface area contributed by atoms with Gasteiger partial charge in [0.15, 0.2) is 6.29 Å². The third kappa shape index (κ3) is 10.4. The van der Waals surface area contributed by atoms with Crippen molar-refractivity contribution in [3.63, 3.8) is 0 Å². The molecule has 0 N–H and O–H groups in total. The average Bonchev–Trinajstić information content (AvgIpc) is 2.75. The van der Waals surface area contributed by atoms with Crippen molar-refractivity contribution in [1.29, 1.82) is 0 Å². The van der Waals surface area contributed by atoms with Crippen LogP contribution in [0, 0.1) is 0 Å². The summed E-state index contributed by atoms with van der Waals surface area (Å²) in [5.74, 6) is 0. The van der Waals surface area contributed by atoms with Crippen molar-refractivity contribution in [2.75, 3.05) is 20.3 Å². The maximum atomic E-state index is 5.64. The predicted octanol–water partition coefficient (Wildman–Crippen LogP) is 6.10. The molecule has 1 aliphatic rings.